The third kappa shape index (κ3) is 4.42. The highest BCUT2D eigenvalue weighted by Gasteiger charge is 2.31. The van der Waals surface area contributed by atoms with Crippen LogP contribution >= 0.6 is 0 Å². The zero-order valence-electron chi connectivity index (χ0n) is 15.4. The summed E-state index contributed by atoms with van der Waals surface area (Å²) in [6.07, 6.45) is -3.39. The molecule has 0 saturated heterocycles. The lowest BCUT2D eigenvalue weighted by atomic mass is 10.1. The minimum absolute atomic E-state index is 0.00975. The lowest BCUT2D eigenvalue weighted by Gasteiger charge is -2.14. The number of halogens is 4. The molecule has 1 N–H and O–H groups in total. The van der Waals surface area contributed by atoms with Gasteiger partial charge in [-0.3, -0.25) is 15.0 Å². The maximum atomic E-state index is 13.5. The maximum Gasteiger partial charge on any atom is 0.573 e. The standard InChI is InChI=1S/C20H15F4N3O3/c21-13-5-8-15-16(10-13)25-18(12-3-4-12)27(19(15)29)26-17(28)9-11-1-6-14(7-2-11)30-20(22,23)24/h1-2,5-8,10,12H,3-4,9H2,(H,26,28). The predicted molar refractivity (Wildman–Crippen MR) is 99.1 cm³/mol. The van der Waals surface area contributed by atoms with Crippen LogP contribution in [0.2, 0.25) is 0 Å². The van der Waals surface area contributed by atoms with Crippen LogP contribution in [-0.4, -0.2) is 21.9 Å². The molecule has 1 saturated carbocycles. The molecule has 1 aliphatic carbocycles. The number of ether oxygens (including phenoxy) is 1. The molecule has 10 heteroatoms. The maximum absolute atomic E-state index is 13.5. The van der Waals surface area contributed by atoms with Gasteiger partial charge >= 0.3 is 6.36 Å². The molecule has 1 heterocycles. The molecule has 3 aromatic rings. The largest absolute Gasteiger partial charge is 0.573 e. The number of benzene rings is 2. The van der Waals surface area contributed by atoms with Gasteiger partial charge in [-0.15, -0.1) is 13.2 Å². The van der Waals surface area contributed by atoms with Gasteiger partial charge in [-0.05, 0) is 42.7 Å². The summed E-state index contributed by atoms with van der Waals surface area (Å²) in [4.78, 5) is 29.6. The highest BCUT2D eigenvalue weighted by molar-refractivity contribution is 5.86. The van der Waals surface area contributed by atoms with Crippen LogP contribution in [0.15, 0.2) is 47.3 Å². The molecule has 2 aromatic carbocycles. The van der Waals surface area contributed by atoms with Gasteiger partial charge in [0.1, 0.15) is 17.4 Å². The molecule has 1 aliphatic rings. The van der Waals surface area contributed by atoms with Crippen LogP contribution in [0.1, 0.15) is 30.1 Å². The van der Waals surface area contributed by atoms with E-state index in [-0.39, 0.29) is 23.2 Å². The minimum Gasteiger partial charge on any atom is -0.406 e. The summed E-state index contributed by atoms with van der Waals surface area (Å²) in [6, 6.07) is 8.46. The summed E-state index contributed by atoms with van der Waals surface area (Å²) in [5.41, 5.74) is 2.63. The zero-order chi connectivity index (χ0) is 21.5. The van der Waals surface area contributed by atoms with Gasteiger partial charge in [-0.1, -0.05) is 12.1 Å². The number of amides is 1. The first-order valence-electron chi connectivity index (χ1n) is 9.06. The van der Waals surface area contributed by atoms with Gasteiger partial charge in [0.15, 0.2) is 0 Å². The first-order chi connectivity index (χ1) is 14.2. The smallest absolute Gasteiger partial charge is 0.406 e. The third-order valence-electron chi connectivity index (χ3n) is 4.56. The average Bonchev–Trinajstić information content (AvgIpc) is 3.49. The number of carbonyl (C=O) groups excluding carboxylic acids is 1. The van der Waals surface area contributed by atoms with Gasteiger partial charge < -0.3 is 4.74 Å². The van der Waals surface area contributed by atoms with Gasteiger partial charge in [-0.2, -0.15) is 0 Å². The molecule has 0 bridgehead atoms. The molecule has 30 heavy (non-hydrogen) atoms. The fourth-order valence-corrected chi connectivity index (χ4v) is 3.06. The fraction of sp³-hybridized carbons (Fsp3) is 0.250. The summed E-state index contributed by atoms with van der Waals surface area (Å²) < 4.78 is 55.0. The Kier molecular flexibility index (Phi) is 4.92. The average molecular weight is 421 g/mol. The van der Waals surface area contributed by atoms with E-state index in [0.29, 0.717) is 11.4 Å². The van der Waals surface area contributed by atoms with Crippen LogP contribution in [0, 0.1) is 5.82 Å². The summed E-state index contributed by atoms with van der Waals surface area (Å²) in [6.45, 7) is 0. The lowest BCUT2D eigenvalue weighted by Crippen LogP contribution is -2.37. The summed E-state index contributed by atoms with van der Waals surface area (Å²) >= 11 is 0. The van der Waals surface area contributed by atoms with Crippen LogP contribution in [0.4, 0.5) is 17.6 Å². The number of carbonyl (C=O) groups is 1. The Labute approximate surface area is 167 Å². The van der Waals surface area contributed by atoms with Gasteiger partial charge in [-0.25, -0.2) is 14.1 Å². The van der Waals surface area contributed by atoms with E-state index in [2.05, 4.69) is 15.1 Å². The Morgan fingerprint density at radius 2 is 1.87 bits per heavy atom. The highest BCUT2D eigenvalue weighted by atomic mass is 19.4. The number of aromatic nitrogens is 2. The van der Waals surface area contributed by atoms with Gasteiger partial charge in [0.25, 0.3) is 5.56 Å². The van der Waals surface area contributed by atoms with Crippen molar-refractivity contribution < 1.29 is 27.1 Å². The number of hydrogen-bond acceptors (Lipinski definition) is 4. The number of fused-ring (bicyclic) bond motifs is 1. The first kappa shape index (κ1) is 19.9. The van der Waals surface area contributed by atoms with E-state index >= 15 is 0 Å². The molecule has 0 unspecified atom stereocenters. The summed E-state index contributed by atoms with van der Waals surface area (Å²) in [5, 5.41) is 0.162. The highest BCUT2D eigenvalue weighted by Crippen LogP contribution is 2.38. The molecule has 1 fully saturated rings. The number of hydrogen-bond donors (Lipinski definition) is 1. The van der Waals surface area contributed by atoms with Crippen molar-refractivity contribution in [2.45, 2.75) is 31.5 Å². The first-order valence-corrected chi connectivity index (χ1v) is 9.06. The normalized spacial score (nSPS) is 14.0. The molecule has 4 rings (SSSR count). The van der Waals surface area contributed by atoms with E-state index in [4.69, 9.17) is 0 Å². The third-order valence-corrected chi connectivity index (χ3v) is 4.56. The molecule has 156 valence electrons. The molecule has 0 radical (unpaired) electrons. The van der Waals surface area contributed by atoms with E-state index in [9.17, 15) is 27.2 Å². The lowest BCUT2D eigenvalue weighted by molar-refractivity contribution is -0.274. The number of nitrogens with one attached hydrogen (secondary N) is 1. The van der Waals surface area contributed by atoms with Crippen molar-refractivity contribution in [1.82, 2.24) is 9.66 Å². The van der Waals surface area contributed by atoms with Crippen molar-refractivity contribution in [3.63, 3.8) is 0 Å². The van der Waals surface area contributed by atoms with E-state index in [0.717, 1.165) is 35.7 Å². The van der Waals surface area contributed by atoms with Crippen molar-refractivity contribution in [3.8, 4) is 5.75 Å². The monoisotopic (exact) mass is 421 g/mol. The number of alkyl halides is 3. The molecule has 0 atom stereocenters. The van der Waals surface area contributed by atoms with Crippen molar-refractivity contribution in [2.24, 2.45) is 0 Å². The Morgan fingerprint density at radius 1 is 1.17 bits per heavy atom. The second-order valence-corrected chi connectivity index (χ2v) is 6.95. The van der Waals surface area contributed by atoms with Gasteiger partial charge in [0.05, 0.1) is 17.3 Å². The van der Waals surface area contributed by atoms with Crippen LogP contribution in [0.25, 0.3) is 10.9 Å². The Balaban J connectivity index is 1.56. The van der Waals surface area contributed by atoms with E-state index in [1.165, 1.54) is 24.3 Å². The zero-order valence-corrected chi connectivity index (χ0v) is 15.4. The molecular formula is C20H15F4N3O3. The van der Waals surface area contributed by atoms with Gasteiger partial charge in [0.2, 0.25) is 5.91 Å². The van der Waals surface area contributed by atoms with Crippen LogP contribution < -0.4 is 15.7 Å². The quantitative estimate of drug-likeness (QED) is 0.639. The Morgan fingerprint density at radius 3 is 2.50 bits per heavy atom. The molecule has 0 aliphatic heterocycles. The summed E-state index contributed by atoms with van der Waals surface area (Å²) in [7, 11) is 0. The van der Waals surface area contributed by atoms with Crippen LogP contribution in [0.3, 0.4) is 0 Å². The van der Waals surface area contributed by atoms with E-state index in [1.807, 2.05) is 0 Å². The van der Waals surface area contributed by atoms with Crippen molar-refractivity contribution >= 4 is 16.8 Å². The van der Waals surface area contributed by atoms with E-state index in [1.54, 1.807) is 0 Å². The Bertz CT molecular complexity index is 1170. The van der Waals surface area contributed by atoms with Crippen LogP contribution in [0.5, 0.6) is 5.75 Å². The van der Waals surface area contributed by atoms with Crippen molar-refractivity contribution in [3.05, 3.63) is 70.0 Å². The predicted octanol–water partition coefficient (Wildman–Crippen LogP) is 3.62. The van der Waals surface area contributed by atoms with E-state index < -0.39 is 29.4 Å². The second kappa shape index (κ2) is 7.43. The second-order valence-electron chi connectivity index (χ2n) is 6.95. The molecule has 6 nitrogen and oxygen atoms in total. The Hall–Kier alpha value is -3.43. The SMILES string of the molecule is O=C(Cc1ccc(OC(F)(F)F)cc1)Nn1c(C2CC2)nc2cc(F)ccc2c1=O. The fourth-order valence-electron chi connectivity index (χ4n) is 3.06. The molecule has 0 spiro atoms. The summed E-state index contributed by atoms with van der Waals surface area (Å²) in [5.74, 6) is -1.13. The van der Waals surface area contributed by atoms with Crippen molar-refractivity contribution in [1.29, 1.82) is 0 Å². The molecular weight excluding hydrogens is 406 g/mol. The van der Waals surface area contributed by atoms with Crippen LogP contribution in [-0.2, 0) is 11.2 Å². The topological polar surface area (TPSA) is 73.2 Å². The molecule has 1 amide bonds. The minimum atomic E-state index is -4.80. The number of rotatable bonds is 5. The van der Waals surface area contributed by atoms with Crippen molar-refractivity contribution in [2.75, 3.05) is 5.43 Å². The molecule has 1 aromatic heterocycles. The number of nitrogens with zero attached hydrogens (tertiary/aromatic N) is 2. The van der Waals surface area contributed by atoms with Gasteiger partial charge in [0, 0.05) is 12.0 Å².